The van der Waals surface area contributed by atoms with Gasteiger partial charge in [0.15, 0.2) is 5.82 Å². The minimum Gasteiger partial charge on any atom is -0.481 e. The molecule has 1 unspecified atom stereocenters. The molecule has 1 aromatic heterocycles. The Hall–Kier alpha value is -2.05. The molecular weight excluding hydrogens is 236 g/mol. The van der Waals surface area contributed by atoms with Crippen molar-refractivity contribution in [3.05, 3.63) is 16.7 Å². The van der Waals surface area contributed by atoms with E-state index in [4.69, 9.17) is 10.8 Å². The van der Waals surface area contributed by atoms with Crippen LogP contribution in [0.1, 0.15) is 19.3 Å². The van der Waals surface area contributed by atoms with Crippen LogP contribution in [-0.4, -0.2) is 34.1 Å². The summed E-state index contributed by atoms with van der Waals surface area (Å²) in [6.07, 6.45) is 3.21. The van der Waals surface area contributed by atoms with Crippen LogP contribution in [0.4, 0.5) is 11.5 Å². The number of aliphatic carboxylic acids is 1. The van der Waals surface area contributed by atoms with E-state index in [0.717, 1.165) is 19.4 Å². The average molecular weight is 252 g/mol. The van der Waals surface area contributed by atoms with E-state index in [1.807, 2.05) is 4.90 Å². The van der Waals surface area contributed by atoms with Gasteiger partial charge < -0.3 is 20.7 Å². The lowest BCUT2D eigenvalue weighted by Crippen LogP contribution is -2.38. The van der Waals surface area contributed by atoms with E-state index in [1.165, 1.54) is 6.33 Å². The largest absolute Gasteiger partial charge is 0.481 e. The summed E-state index contributed by atoms with van der Waals surface area (Å²) in [4.78, 5) is 30.5. The number of piperidine rings is 1. The number of rotatable bonds is 3. The molecule has 4 N–H and O–H groups in total. The first-order chi connectivity index (χ1) is 8.58. The predicted molar refractivity (Wildman–Crippen MR) is 66.5 cm³/mol. The van der Waals surface area contributed by atoms with Crippen molar-refractivity contribution < 1.29 is 9.90 Å². The summed E-state index contributed by atoms with van der Waals surface area (Å²) < 4.78 is 0. The second-order valence-corrected chi connectivity index (χ2v) is 4.52. The van der Waals surface area contributed by atoms with Gasteiger partial charge in [-0.25, -0.2) is 4.98 Å². The molecule has 0 amide bonds. The van der Waals surface area contributed by atoms with E-state index in [0.29, 0.717) is 12.4 Å². The van der Waals surface area contributed by atoms with Crippen molar-refractivity contribution in [2.75, 3.05) is 23.7 Å². The van der Waals surface area contributed by atoms with Crippen LogP contribution in [-0.2, 0) is 4.79 Å². The maximum Gasteiger partial charge on any atom is 0.303 e. The fourth-order valence-electron chi connectivity index (χ4n) is 2.32. The van der Waals surface area contributed by atoms with Gasteiger partial charge >= 0.3 is 5.97 Å². The zero-order chi connectivity index (χ0) is 13.1. The number of nitrogens with one attached hydrogen (secondary N) is 1. The van der Waals surface area contributed by atoms with Gasteiger partial charge in [0.2, 0.25) is 0 Å². The third kappa shape index (κ3) is 2.61. The zero-order valence-electron chi connectivity index (χ0n) is 9.93. The van der Waals surface area contributed by atoms with Crippen molar-refractivity contribution in [1.29, 1.82) is 0 Å². The summed E-state index contributed by atoms with van der Waals surface area (Å²) in [7, 11) is 0. The predicted octanol–water partition coefficient (Wildman–Crippen LogP) is 0.0432. The summed E-state index contributed by atoms with van der Waals surface area (Å²) in [5, 5.41) is 8.81. The molecule has 7 nitrogen and oxygen atoms in total. The lowest BCUT2D eigenvalue weighted by molar-refractivity contribution is -0.138. The number of aromatic amines is 1. The maximum absolute atomic E-state index is 11.4. The van der Waals surface area contributed by atoms with Crippen LogP contribution in [0, 0.1) is 5.92 Å². The molecule has 2 rings (SSSR count). The Labute approximate surface area is 104 Å². The molecule has 1 fully saturated rings. The number of carboxylic acid groups (broad SMARTS) is 1. The topological polar surface area (TPSA) is 112 Å². The Kier molecular flexibility index (Phi) is 3.50. The molecule has 0 saturated carbocycles. The van der Waals surface area contributed by atoms with E-state index in [1.54, 1.807) is 0 Å². The van der Waals surface area contributed by atoms with Crippen molar-refractivity contribution in [2.45, 2.75) is 19.3 Å². The van der Waals surface area contributed by atoms with Crippen LogP contribution in [0.15, 0.2) is 11.1 Å². The molecule has 18 heavy (non-hydrogen) atoms. The molecule has 7 heteroatoms. The molecule has 2 heterocycles. The number of anilines is 2. The van der Waals surface area contributed by atoms with Crippen molar-refractivity contribution >= 4 is 17.5 Å². The Morgan fingerprint density at radius 1 is 1.67 bits per heavy atom. The lowest BCUT2D eigenvalue weighted by Gasteiger charge is -2.33. The Bertz CT molecular complexity index is 499. The number of nitrogens with zero attached hydrogens (tertiary/aromatic N) is 2. The van der Waals surface area contributed by atoms with E-state index in [2.05, 4.69) is 9.97 Å². The molecule has 0 aromatic carbocycles. The highest BCUT2D eigenvalue weighted by Gasteiger charge is 2.24. The molecule has 98 valence electrons. The number of hydrogen-bond donors (Lipinski definition) is 3. The molecule has 0 radical (unpaired) electrons. The molecule has 1 aliphatic heterocycles. The lowest BCUT2D eigenvalue weighted by atomic mass is 9.95. The summed E-state index contributed by atoms with van der Waals surface area (Å²) >= 11 is 0. The van der Waals surface area contributed by atoms with Gasteiger partial charge in [-0.15, -0.1) is 0 Å². The monoisotopic (exact) mass is 252 g/mol. The van der Waals surface area contributed by atoms with Crippen LogP contribution in [0.3, 0.4) is 0 Å². The minimum absolute atomic E-state index is 0.0803. The fraction of sp³-hybridized carbons (Fsp3) is 0.545. The van der Waals surface area contributed by atoms with Crippen molar-refractivity contribution in [1.82, 2.24) is 9.97 Å². The van der Waals surface area contributed by atoms with Crippen molar-refractivity contribution in [3.8, 4) is 0 Å². The Morgan fingerprint density at radius 3 is 3.17 bits per heavy atom. The first-order valence-corrected chi connectivity index (χ1v) is 5.88. The Balaban J connectivity index is 2.15. The van der Waals surface area contributed by atoms with Gasteiger partial charge in [-0.2, -0.15) is 0 Å². The molecule has 0 aliphatic carbocycles. The second kappa shape index (κ2) is 5.07. The first kappa shape index (κ1) is 12.4. The third-order valence-electron chi connectivity index (χ3n) is 3.15. The minimum atomic E-state index is -0.798. The van der Waals surface area contributed by atoms with Crippen LogP contribution < -0.4 is 16.2 Å². The molecule has 1 atom stereocenters. The van der Waals surface area contributed by atoms with Crippen molar-refractivity contribution in [3.63, 3.8) is 0 Å². The molecule has 0 bridgehead atoms. The van der Waals surface area contributed by atoms with Gasteiger partial charge in [0, 0.05) is 19.5 Å². The number of hydrogen-bond acceptors (Lipinski definition) is 5. The van der Waals surface area contributed by atoms with Gasteiger partial charge in [-0.05, 0) is 18.8 Å². The van der Waals surface area contributed by atoms with Crippen LogP contribution in [0.5, 0.6) is 0 Å². The summed E-state index contributed by atoms with van der Waals surface area (Å²) in [5.41, 5.74) is 5.43. The number of nitrogens with two attached hydrogens (primary N) is 1. The summed E-state index contributed by atoms with van der Waals surface area (Å²) in [6.45, 7) is 1.32. The number of carboxylic acids is 1. The normalized spacial score (nSPS) is 19.8. The zero-order valence-corrected chi connectivity index (χ0v) is 9.93. The van der Waals surface area contributed by atoms with Crippen LogP contribution in [0.2, 0.25) is 0 Å². The molecule has 1 saturated heterocycles. The van der Waals surface area contributed by atoms with E-state index in [-0.39, 0.29) is 23.6 Å². The summed E-state index contributed by atoms with van der Waals surface area (Å²) in [5.74, 6) is -0.265. The molecule has 1 aliphatic rings. The highest BCUT2D eigenvalue weighted by Crippen LogP contribution is 2.25. The van der Waals surface area contributed by atoms with Gasteiger partial charge in [0.1, 0.15) is 5.69 Å². The summed E-state index contributed by atoms with van der Waals surface area (Å²) in [6, 6.07) is 0. The second-order valence-electron chi connectivity index (χ2n) is 4.52. The highest BCUT2D eigenvalue weighted by molar-refractivity contribution is 5.67. The highest BCUT2D eigenvalue weighted by atomic mass is 16.4. The average Bonchev–Trinajstić information content (AvgIpc) is 2.32. The molecule has 0 spiro atoms. The molecular formula is C11H16N4O3. The van der Waals surface area contributed by atoms with Crippen LogP contribution >= 0.6 is 0 Å². The van der Waals surface area contributed by atoms with Gasteiger partial charge in [0.25, 0.3) is 5.56 Å². The van der Waals surface area contributed by atoms with Crippen molar-refractivity contribution in [2.24, 2.45) is 5.92 Å². The number of carbonyl (C=O) groups is 1. The molecule has 1 aromatic rings. The Morgan fingerprint density at radius 2 is 2.44 bits per heavy atom. The smallest absolute Gasteiger partial charge is 0.303 e. The van der Waals surface area contributed by atoms with Gasteiger partial charge in [-0.1, -0.05) is 0 Å². The number of aromatic nitrogens is 2. The van der Waals surface area contributed by atoms with Gasteiger partial charge in [-0.3, -0.25) is 9.59 Å². The number of H-pyrrole nitrogens is 1. The fourth-order valence-corrected chi connectivity index (χ4v) is 2.32. The first-order valence-electron chi connectivity index (χ1n) is 5.88. The van der Waals surface area contributed by atoms with E-state index < -0.39 is 5.97 Å². The quantitative estimate of drug-likeness (QED) is 0.700. The SMILES string of the molecule is Nc1c(N2CCCC(CC(=O)O)C2)nc[nH]c1=O. The van der Waals surface area contributed by atoms with E-state index in [9.17, 15) is 9.59 Å². The van der Waals surface area contributed by atoms with E-state index >= 15 is 0 Å². The van der Waals surface area contributed by atoms with Crippen LogP contribution in [0.25, 0.3) is 0 Å². The number of nitrogen functional groups attached to an aromatic ring is 1. The standard InChI is InChI=1S/C11H16N4O3/c12-9-10(13-6-14-11(9)18)15-3-1-2-7(5-15)4-8(16)17/h6-7H,1-5,12H2,(H,16,17)(H,13,14,18). The third-order valence-corrected chi connectivity index (χ3v) is 3.15. The van der Waals surface area contributed by atoms with Gasteiger partial charge in [0.05, 0.1) is 6.33 Å². The maximum atomic E-state index is 11.4.